The van der Waals surface area contributed by atoms with Crippen LogP contribution < -0.4 is 15.2 Å². The van der Waals surface area contributed by atoms with Gasteiger partial charge in [-0.2, -0.15) is 0 Å². The van der Waals surface area contributed by atoms with E-state index in [1.807, 2.05) is 24.3 Å². The number of hydrogen-bond acceptors (Lipinski definition) is 5. The number of nitrogens with two attached hydrogens (primary N) is 1. The summed E-state index contributed by atoms with van der Waals surface area (Å²) in [6.07, 6.45) is 5.37. The highest BCUT2D eigenvalue weighted by atomic mass is 31.2. The monoisotopic (exact) mass is 461 g/mol. The Kier molecular flexibility index (Phi) is 6.94. The first-order valence-corrected chi connectivity index (χ1v) is 12.6. The molecule has 2 aliphatic carbocycles. The largest absolute Gasteiger partial charge is 0.497 e. The van der Waals surface area contributed by atoms with Crippen molar-refractivity contribution >= 4 is 7.82 Å². The van der Waals surface area contributed by atoms with Crippen molar-refractivity contribution in [3.05, 3.63) is 59.2 Å². The fourth-order valence-corrected chi connectivity index (χ4v) is 5.36. The lowest BCUT2D eigenvalue weighted by molar-refractivity contribution is 0.153. The van der Waals surface area contributed by atoms with Gasteiger partial charge in [0, 0.05) is 11.6 Å². The molecule has 1 fully saturated rings. The molecule has 0 spiro atoms. The minimum Gasteiger partial charge on any atom is -0.497 e. The number of ether oxygens (including phenoxy) is 2. The van der Waals surface area contributed by atoms with Crippen molar-refractivity contribution in [1.82, 2.24) is 0 Å². The van der Waals surface area contributed by atoms with Gasteiger partial charge in [-0.3, -0.25) is 4.52 Å². The molecule has 32 heavy (non-hydrogen) atoms. The van der Waals surface area contributed by atoms with E-state index in [1.54, 1.807) is 7.11 Å². The summed E-state index contributed by atoms with van der Waals surface area (Å²) in [7, 11) is -2.85. The topological polar surface area (TPSA) is 111 Å². The van der Waals surface area contributed by atoms with Crippen LogP contribution in [0.3, 0.4) is 0 Å². The van der Waals surface area contributed by atoms with Crippen LogP contribution >= 0.6 is 7.82 Å². The zero-order chi connectivity index (χ0) is 22.8. The van der Waals surface area contributed by atoms with Gasteiger partial charge in [-0.1, -0.05) is 24.3 Å². The van der Waals surface area contributed by atoms with Crippen molar-refractivity contribution in [1.29, 1.82) is 0 Å². The fraction of sp³-hybridized carbons (Fsp3) is 0.500. The molecule has 2 aromatic rings. The van der Waals surface area contributed by atoms with Gasteiger partial charge >= 0.3 is 7.82 Å². The van der Waals surface area contributed by atoms with Crippen LogP contribution in [0.25, 0.3) is 0 Å². The minimum atomic E-state index is -4.50. The van der Waals surface area contributed by atoms with Gasteiger partial charge in [0.1, 0.15) is 11.5 Å². The average molecular weight is 461 g/mol. The van der Waals surface area contributed by atoms with Crippen LogP contribution in [0.15, 0.2) is 42.5 Å². The van der Waals surface area contributed by atoms with Crippen molar-refractivity contribution in [2.24, 2.45) is 11.7 Å². The van der Waals surface area contributed by atoms with E-state index in [9.17, 15) is 4.57 Å². The minimum absolute atomic E-state index is 0.117. The van der Waals surface area contributed by atoms with Gasteiger partial charge in [-0.05, 0) is 79.2 Å². The van der Waals surface area contributed by atoms with Gasteiger partial charge in [0.2, 0.25) is 0 Å². The molecule has 2 aromatic carbocycles. The van der Waals surface area contributed by atoms with Crippen molar-refractivity contribution in [3.8, 4) is 11.5 Å². The quantitative estimate of drug-likeness (QED) is 0.511. The van der Waals surface area contributed by atoms with Gasteiger partial charge in [0.25, 0.3) is 0 Å². The number of benzene rings is 2. The molecule has 0 heterocycles. The van der Waals surface area contributed by atoms with E-state index in [-0.39, 0.29) is 6.61 Å². The first kappa shape index (κ1) is 23.3. The number of fused-ring (bicyclic) bond motifs is 1. The van der Waals surface area contributed by atoms with E-state index >= 15 is 0 Å². The molecule has 2 aliphatic rings. The van der Waals surface area contributed by atoms with Crippen molar-refractivity contribution < 1.29 is 28.3 Å². The summed E-state index contributed by atoms with van der Waals surface area (Å²) >= 11 is 0. The first-order valence-electron chi connectivity index (χ1n) is 11.1. The predicted octanol–water partition coefficient (Wildman–Crippen LogP) is 3.95. The fourth-order valence-electron chi connectivity index (χ4n) is 4.94. The Labute approximate surface area is 189 Å². The van der Waals surface area contributed by atoms with Gasteiger partial charge in [0.05, 0.1) is 20.3 Å². The normalized spacial score (nSPS) is 25.4. The van der Waals surface area contributed by atoms with Gasteiger partial charge in [0.15, 0.2) is 0 Å². The zero-order valence-corrected chi connectivity index (χ0v) is 19.3. The molecule has 3 atom stereocenters. The summed E-state index contributed by atoms with van der Waals surface area (Å²) in [5.41, 5.74) is 9.70. The summed E-state index contributed by atoms with van der Waals surface area (Å²) in [5.74, 6) is 2.40. The molecule has 0 saturated heterocycles. The lowest BCUT2D eigenvalue weighted by Gasteiger charge is -2.27. The molecule has 0 aromatic heterocycles. The lowest BCUT2D eigenvalue weighted by Crippen LogP contribution is -2.41. The summed E-state index contributed by atoms with van der Waals surface area (Å²) in [5, 5.41) is 0. The van der Waals surface area contributed by atoms with Crippen LogP contribution in [0, 0.1) is 5.92 Å². The van der Waals surface area contributed by atoms with Crippen LogP contribution in [0.4, 0.5) is 0 Å². The van der Waals surface area contributed by atoms with Crippen LogP contribution in [-0.2, 0) is 21.9 Å². The molecular formula is C24H32NO6P. The number of phosphoric acid groups is 1. The second-order valence-corrected chi connectivity index (χ2v) is 10.4. The standard InChI is InChI=1S/C24H32NO6P/c1-29-22-3-2-4-23(13-22)30-15-17-5-6-19-12-20(8-7-18(19)11-17)21-9-10-24(25,14-21)16-31-32(26,27)28/h2-4,7-8,12-13,17,21H,5-6,9-11,14-16,25H2,1H3,(H2,26,27,28)/t17-,21-,24-/m0/s1. The number of rotatable bonds is 8. The van der Waals surface area contributed by atoms with Crippen LogP contribution in [0.2, 0.25) is 0 Å². The maximum absolute atomic E-state index is 11.0. The van der Waals surface area contributed by atoms with Gasteiger partial charge < -0.3 is 25.0 Å². The molecule has 7 nitrogen and oxygen atoms in total. The molecule has 1 saturated carbocycles. The highest BCUT2D eigenvalue weighted by Crippen LogP contribution is 2.44. The van der Waals surface area contributed by atoms with E-state index in [4.69, 9.17) is 29.5 Å². The van der Waals surface area contributed by atoms with E-state index in [0.717, 1.165) is 37.2 Å². The van der Waals surface area contributed by atoms with Gasteiger partial charge in [-0.25, -0.2) is 4.57 Å². The molecular weight excluding hydrogens is 429 g/mol. The second-order valence-electron chi connectivity index (χ2n) is 9.19. The van der Waals surface area contributed by atoms with Crippen molar-refractivity contribution in [3.63, 3.8) is 0 Å². The molecule has 0 amide bonds. The highest BCUT2D eigenvalue weighted by molar-refractivity contribution is 7.46. The van der Waals surface area contributed by atoms with E-state index in [1.165, 1.54) is 16.7 Å². The SMILES string of the molecule is COc1cccc(OC[C@H]2CCc3cc([C@H]4CC[C@@](N)(COP(=O)(O)O)C4)ccc3C2)c1. The van der Waals surface area contributed by atoms with Crippen LogP contribution in [0.5, 0.6) is 11.5 Å². The average Bonchev–Trinajstić information content (AvgIpc) is 3.18. The number of methoxy groups -OCH3 is 1. The third-order valence-electron chi connectivity index (χ3n) is 6.72. The molecule has 0 aliphatic heterocycles. The molecule has 0 radical (unpaired) electrons. The molecule has 8 heteroatoms. The van der Waals surface area contributed by atoms with E-state index in [0.29, 0.717) is 31.3 Å². The first-order chi connectivity index (χ1) is 15.2. The maximum Gasteiger partial charge on any atom is 0.469 e. The highest BCUT2D eigenvalue weighted by Gasteiger charge is 2.38. The molecule has 4 rings (SSSR count). The summed E-state index contributed by atoms with van der Waals surface area (Å²) in [6, 6.07) is 14.4. The Morgan fingerprint density at radius 1 is 1.12 bits per heavy atom. The van der Waals surface area contributed by atoms with Gasteiger partial charge in [-0.15, -0.1) is 0 Å². The Balaban J connectivity index is 1.34. The van der Waals surface area contributed by atoms with Crippen molar-refractivity contribution in [2.45, 2.75) is 50.0 Å². The summed E-state index contributed by atoms with van der Waals surface area (Å²) in [6.45, 7) is 0.569. The van der Waals surface area contributed by atoms with Crippen LogP contribution in [-0.4, -0.2) is 35.6 Å². The molecule has 0 bridgehead atoms. The molecule has 0 unspecified atom stereocenters. The Hall–Kier alpha value is -1.89. The summed E-state index contributed by atoms with van der Waals surface area (Å²) < 4.78 is 27.0. The number of aryl methyl sites for hydroxylation is 1. The van der Waals surface area contributed by atoms with E-state index < -0.39 is 13.4 Å². The Morgan fingerprint density at radius 3 is 2.72 bits per heavy atom. The van der Waals surface area contributed by atoms with Crippen molar-refractivity contribution in [2.75, 3.05) is 20.3 Å². The van der Waals surface area contributed by atoms with E-state index in [2.05, 4.69) is 18.2 Å². The predicted molar refractivity (Wildman–Crippen MR) is 122 cm³/mol. The maximum atomic E-state index is 11.0. The smallest absolute Gasteiger partial charge is 0.469 e. The van der Waals surface area contributed by atoms with Crippen LogP contribution in [0.1, 0.15) is 48.3 Å². The third kappa shape index (κ3) is 5.91. The Bertz CT molecular complexity index is 992. The Morgan fingerprint density at radius 2 is 1.94 bits per heavy atom. The molecule has 174 valence electrons. The number of phosphoric ester groups is 1. The lowest BCUT2D eigenvalue weighted by atomic mass is 9.82. The molecule has 4 N–H and O–H groups in total. The second kappa shape index (κ2) is 9.54. The summed E-state index contributed by atoms with van der Waals surface area (Å²) in [4.78, 5) is 17.9. The zero-order valence-electron chi connectivity index (χ0n) is 18.4. The third-order valence-corrected chi connectivity index (χ3v) is 7.19. The number of hydrogen-bond donors (Lipinski definition) is 3.